The molecule has 1 aromatic rings. The third kappa shape index (κ3) is 2.82. The molecule has 0 saturated heterocycles. The molecular weight excluding hydrogens is 255 g/mol. The summed E-state index contributed by atoms with van der Waals surface area (Å²) >= 11 is 0. The van der Waals surface area contributed by atoms with Crippen LogP contribution in [0.2, 0.25) is 0 Å². The van der Waals surface area contributed by atoms with Gasteiger partial charge >= 0.3 is 0 Å². The van der Waals surface area contributed by atoms with E-state index in [1.807, 2.05) is 13.8 Å². The quantitative estimate of drug-likeness (QED) is 0.805. The van der Waals surface area contributed by atoms with Crippen LogP contribution in [-0.4, -0.2) is 22.7 Å². The second-order valence-electron chi connectivity index (χ2n) is 3.14. The van der Waals surface area contributed by atoms with Crippen molar-refractivity contribution in [3.05, 3.63) is 23.4 Å². The molecule has 0 unspecified atom stereocenters. The van der Waals surface area contributed by atoms with Crippen molar-refractivity contribution in [3.63, 3.8) is 0 Å². The van der Waals surface area contributed by atoms with E-state index in [0.29, 0.717) is 5.56 Å². The number of hydrogen-bond acceptors (Lipinski definition) is 2. The van der Waals surface area contributed by atoms with E-state index in [1.54, 1.807) is 25.0 Å². The van der Waals surface area contributed by atoms with E-state index >= 15 is 0 Å². The molecule has 1 N–H and O–H groups in total. The van der Waals surface area contributed by atoms with Crippen LogP contribution in [0.5, 0.6) is 0 Å². The maximum atomic E-state index is 11.4. The standard InChI is InChI=1S/C9H14N3O.Y/c1-6(2)8-7(9(13)10-3)5-12(4)11-8;/h5H,1-4H3,(H,10,13);/q-1;. The van der Waals surface area contributed by atoms with Crippen molar-refractivity contribution >= 4 is 5.91 Å². The molecule has 0 spiro atoms. The first kappa shape index (κ1) is 13.7. The summed E-state index contributed by atoms with van der Waals surface area (Å²) in [5.41, 5.74) is 1.40. The Kier molecular flexibility index (Phi) is 5.38. The Morgan fingerprint density at radius 2 is 2.14 bits per heavy atom. The summed E-state index contributed by atoms with van der Waals surface area (Å²) in [7, 11) is 3.42. The van der Waals surface area contributed by atoms with Crippen LogP contribution in [-0.2, 0) is 39.8 Å². The summed E-state index contributed by atoms with van der Waals surface area (Å²) in [5, 5.41) is 6.78. The molecule has 0 aromatic carbocycles. The van der Waals surface area contributed by atoms with Crippen LogP contribution >= 0.6 is 0 Å². The van der Waals surface area contributed by atoms with Gasteiger partial charge in [-0.05, 0) is 6.20 Å². The Labute approximate surface area is 109 Å². The number of amides is 1. The zero-order valence-electron chi connectivity index (χ0n) is 8.96. The molecular formula is C9H14N3OY-. The van der Waals surface area contributed by atoms with E-state index in [-0.39, 0.29) is 38.6 Å². The minimum atomic E-state index is -0.0932. The van der Waals surface area contributed by atoms with Gasteiger partial charge in [-0.25, -0.2) is 5.10 Å². The van der Waals surface area contributed by atoms with Gasteiger partial charge in [0.1, 0.15) is 0 Å². The van der Waals surface area contributed by atoms with Crippen LogP contribution in [0, 0.1) is 5.92 Å². The number of hydrogen-bond donors (Lipinski definition) is 1. The largest absolute Gasteiger partial charge is 0.370 e. The van der Waals surface area contributed by atoms with Crippen LogP contribution in [0.3, 0.4) is 0 Å². The van der Waals surface area contributed by atoms with Crippen LogP contribution in [0.15, 0.2) is 6.20 Å². The Bertz CT molecular complexity index is 320. The second-order valence-corrected chi connectivity index (χ2v) is 3.14. The van der Waals surface area contributed by atoms with Crippen molar-refractivity contribution in [3.8, 4) is 0 Å². The fraction of sp³-hybridized carbons (Fsp3) is 0.444. The Morgan fingerprint density at radius 1 is 1.57 bits per heavy atom. The first-order valence-electron chi connectivity index (χ1n) is 4.12. The van der Waals surface area contributed by atoms with E-state index < -0.39 is 0 Å². The normalized spacial score (nSPS) is 9.14. The van der Waals surface area contributed by atoms with Gasteiger partial charge in [0.05, 0.1) is 0 Å². The monoisotopic (exact) mass is 269 g/mol. The van der Waals surface area contributed by atoms with Gasteiger partial charge in [-0.2, -0.15) is 5.92 Å². The Morgan fingerprint density at radius 3 is 2.57 bits per heavy atom. The van der Waals surface area contributed by atoms with Crippen LogP contribution in [0.1, 0.15) is 29.9 Å². The summed E-state index contributed by atoms with van der Waals surface area (Å²) in [6.07, 6.45) is 1.72. The average molecular weight is 269 g/mol. The van der Waals surface area contributed by atoms with Crippen LogP contribution in [0.4, 0.5) is 0 Å². The van der Waals surface area contributed by atoms with E-state index in [9.17, 15) is 4.79 Å². The van der Waals surface area contributed by atoms with Crippen molar-refractivity contribution in [1.29, 1.82) is 0 Å². The van der Waals surface area contributed by atoms with Crippen molar-refractivity contribution in [2.75, 3.05) is 7.05 Å². The smallest absolute Gasteiger partial charge is 0.172 e. The molecule has 0 aliphatic heterocycles. The van der Waals surface area contributed by atoms with Gasteiger partial charge in [-0.3, -0.25) is 9.48 Å². The molecule has 0 saturated carbocycles. The molecule has 0 fully saturated rings. The summed E-state index contributed by atoms with van der Waals surface area (Å²) in [6, 6.07) is 0. The zero-order chi connectivity index (χ0) is 10.0. The van der Waals surface area contributed by atoms with E-state index in [2.05, 4.69) is 10.4 Å². The minimum absolute atomic E-state index is 0. The van der Waals surface area contributed by atoms with Crippen LogP contribution < -0.4 is 5.32 Å². The Balaban J connectivity index is 0.00000169. The minimum Gasteiger partial charge on any atom is -0.370 e. The van der Waals surface area contributed by atoms with Crippen molar-refractivity contribution in [2.45, 2.75) is 13.8 Å². The summed E-state index contributed by atoms with van der Waals surface area (Å²) in [6.45, 7) is 3.88. The van der Waals surface area contributed by atoms with Gasteiger partial charge in [0.25, 0.3) is 0 Å². The molecule has 14 heavy (non-hydrogen) atoms. The zero-order valence-corrected chi connectivity index (χ0v) is 11.8. The first-order chi connectivity index (χ1) is 6.06. The second kappa shape index (κ2) is 5.51. The number of nitrogens with one attached hydrogen (secondary N) is 1. The third-order valence-electron chi connectivity index (χ3n) is 1.77. The molecule has 1 radical (unpaired) electrons. The maximum Gasteiger partial charge on any atom is 0.172 e. The predicted molar refractivity (Wildman–Crippen MR) is 50.3 cm³/mol. The van der Waals surface area contributed by atoms with Crippen molar-refractivity contribution in [2.24, 2.45) is 7.05 Å². The molecule has 1 amide bonds. The summed E-state index contributed by atoms with van der Waals surface area (Å²) in [5.74, 6) is 0.948. The number of carbonyl (C=O) groups is 1. The van der Waals surface area contributed by atoms with Gasteiger partial charge in [-0.15, -0.1) is 13.8 Å². The molecule has 0 aliphatic rings. The maximum absolute atomic E-state index is 11.4. The topological polar surface area (TPSA) is 46.9 Å². The van der Waals surface area contributed by atoms with Gasteiger partial charge < -0.3 is 5.32 Å². The van der Waals surface area contributed by atoms with Gasteiger partial charge in [0.15, 0.2) is 5.91 Å². The SMILES string of the molecule is CNC(=O)c1cn(C)nc1[C-](C)C.[Y]. The predicted octanol–water partition coefficient (Wildman–Crippen LogP) is 0.740. The third-order valence-corrected chi connectivity index (χ3v) is 1.77. The molecule has 0 aliphatic carbocycles. The number of aromatic nitrogens is 2. The molecule has 5 heteroatoms. The van der Waals surface area contributed by atoms with Gasteiger partial charge in [0.2, 0.25) is 0 Å². The number of carbonyl (C=O) groups excluding carboxylic acids is 1. The fourth-order valence-corrected chi connectivity index (χ4v) is 1.16. The molecule has 0 atom stereocenters. The molecule has 1 heterocycles. The molecule has 0 bridgehead atoms. The van der Waals surface area contributed by atoms with E-state index in [1.165, 1.54) is 0 Å². The van der Waals surface area contributed by atoms with E-state index in [0.717, 1.165) is 11.6 Å². The molecule has 1 rings (SSSR count). The fourth-order valence-electron chi connectivity index (χ4n) is 1.16. The molecule has 4 nitrogen and oxygen atoms in total. The Hall–Kier alpha value is -0.346. The average Bonchev–Trinajstić information content (AvgIpc) is 2.46. The van der Waals surface area contributed by atoms with Crippen molar-refractivity contribution in [1.82, 2.24) is 15.1 Å². The van der Waals surface area contributed by atoms with Crippen LogP contribution in [0.25, 0.3) is 0 Å². The summed E-state index contributed by atoms with van der Waals surface area (Å²) < 4.78 is 1.65. The summed E-state index contributed by atoms with van der Waals surface area (Å²) in [4.78, 5) is 11.4. The number of aryl methyl sites for hydroxylation is 1. The van der Waals surface area contributed by atoms with E-state index in [4.69, 9.17) is 0 Å². The van der Waals surface area contributed by atoms with Gasteiger partial charge in [-0.1, -0.05) is 11.3 Å². The number of rotatable bonds is 2. The molecule has 1 aromatic heterocycles. The number of nitrogens with zero attached hydrogens (tertiary/aromatic N) is 2. The van der Waals surface area contributed by atoms with Crippen molar-refractivity contribution < 1.29 is 37.5 Å². The molecule has 75 valence electrons. The van der Waals surface area contributed by atoms with Gasteiger partial charge in [0, 0.05) is 46.8 Å². The first-order valence-corrected chi connectivity index (χ1v) is 4.12.